The van der Waals surface area contributed by atoms with Crippen LogP contribution in [0.4, 0.5) is 5.69 Å². The van der Waals surface area contributed by atoms with Gasteiger partial charge in [0.1, 0.15) is 0 Å². The van der Waals surface area contributed by atoms with Gasteiger partial charge in [-0.25, -0.2) is 4.98 Å². The molecule has 178 valence electrons. The minimum Gasteiger partial charge on any atom is -0.335 e. The SMILES string of the molecule is O=C(c1ccc2c(c1)CCCN2C(=O)C1CC1)N1CC(N2CCN(C(=O)c3nccs3)CC2)C1. The van der Waals surface area contributed by atoms with E-state index < -0.39 is 0 Å². The molecule has 1 aromatic heterocycles. The number of fused-ring (bicyclic) bond motifs is 1. The van der Waals surface area contributed by atoms with Crippen LogP contribution in [0.2, 0.25) is 0 Å². The van der Waals surface area contributed by atoms with Crippen LogP contribution in [0.5, 0.6) is 0 Å². The highest BCUT2D eigenvalue weighted by atomic mass is 32.1. The van der Waals surface area contributed by atoms with E-state index in [1.807, 2.05) is 38.3 Å². The minimum absolute atomic E-state index is 0.0184. The second-order valence-electron chi connectivity index (χ2n) is 9.74. The monoisotopic (exact) mass is 479 g/mol. The largest absolute Gasteiger partial charge is 0.335 e. The Balaban J connectivity index is 1.03. The Morgan fingerprint density at radius 1 is 0.941 bits per heavy atom. The predicted octanol–water partition coefficient (Wildman–Crippen LogP) is 2.11. The molecule has 1 saturated carbocycles. The van der Waals surface area contributed by atoms with Crippen molar-refractivity contribution in [1.29, 1.82) is 0 Å². The summed E-state index contributed by atoms with van der Waals surface area (Å²) in [5, 5.41) is 2.38. The van der Waals surface area contributed by atoms with Crippen molar-refractivity contribution in [3.05, 3.63) is 45.9 Å². The Bertz CT molecular complexity index is 1100. The molecule has 4 aliphatic rings. The summed E-state index contributed by atoms with van der Waals surface area (Å²) in [5.74, 6) is 0.545. The number of thiazole rings is 1. The van der Waals surface area contributed by atoms with Crippen LogP contribution >= 0.6 is 11.3 Å². The Morgan fingerprint density at radius 2 is 1.74 bits per heavy atom. The first kappa shape index (κ1) is 21.7. The van der Waals surface area contributed by atoms with Gasteiger partial charge in [0, 0.05) is 80.6 Å². The van der Waals surface area contributed by atoms with Gasteiger partial charge < -0.3 is 14.7 Å². The second-order valence-corrected chi connectivity index (χ2v) is 10.6. The smallest absolute Gasteiger partial charge is 0.282 e. The molecule has 4 heterocycles. The summed E-state index contributed by atoms with van der Waals surface area (Å²) in [5.41, 5.74) is 2.83. The number of hydrogen-bond donors (Lipinski definition) is 0. The number of rotatable bonds is 4. The van der Waals surface area contributed by atoms with Crippen LogP contribution < -0.4 is 4.90 Å². The van der Waals surface area contributed by atoms with E-state index in [0.717, 1.165) is 75.2 Å². The number of carbonyl (C=O) groups excluding carboxylic acids is 3. The third-order valence-corrected chi connectivity index (χ3v) is 8.28. The van der Waals surface area contributed by atoms with Crippen molar-refractivity contribution in [3.8, 4) is 0 Å². The van der Waals surface area contributed by atoms with E-state index in [-0.39, 0.29) is 23.6 Å². The fourth-order valence-corrected chi connectivity index (χ4v) is 5.90. The molecule has 9 heteroatoms. The maximum absolute atomic E-state index is 13.1. The lowest BCUT2D eigenvalue weighted by atomic mass is 9.97. The highest BCUT2D eigenvalue weighted by molar-refractivity contribution is 7.11. The zero-order valence-electron chi connectivity index (χ0n) is 19.2. The molecule has 6 rings (SSSR count). The maximum Gasteiger partial charge on any atom is 0.282 e. The van der Waals surface area contributed by atoms with Crippen molar-refractivity contribution in [2.45, 2.75) is 31.7 Å². The summed E-state index contributed by atoms with van der Waals surface area (Å²) in [6, 6.07) is 6.21. The molecule has 3 amide bonds. The molecule has 34 heavy (non-hydrogen) atoms. The normalized spacial score (nSPS) is 21.2. The highest BCUT2D eigenvalue weighted by Gasteiger charge is 2.38. The second kappa shape index (κ2) is 8.78. The van der Waals surface area contributed by atoms with E-state index in [1.165, 1.54) is 11.3 Å². The molecule has 1 aliphatic carbocycles. The van der Waals surface area contributed by atoms with E-state index >= 15 is 0 Å². The van der Waals surface area contributed by atoms with E-state index in [2.05, 4.69) is 9.88 Å². The average molecular weight is 480 g/mol. The van der Waals surface area contributed by atoms with Crippen molar-refractivity contribution in [2.24, 2.45) is 5.92 Å². The van der Waals surface area contributed by atoms with Gasteiger partial charge in [0.05, 0.1) is 0 Å². The summed E-state index contributed by atoms with van der Waals surface area (Å²) < 4.78 is 0. The number of benzene rings is 1. The molecule has 0 unspecified atom stereocenters. The van der Waals surface area contributed by atoms with Crippen LogP contribution in [-0.4, -0.2) is 89.3 Å². The van der Waals surface area contributed by atoms with Gasteiger partial charge in [-0.15, -0.1) is 11.3 Å². The number of likely N-dealkylation sites (tertiary alicyclic amines) is 1. The van der Waals surface area contributed by atoms with Crippen molar-refractivity contribution < 1.29 is 14.4 Å². The molecule has 1 aromatic carbocycles. The molecular weight excluding hydrogens is 450 g/mol. The number of hydrogen-bond acceptors (Lipinski definition) is 6. The first-order valence-electron chi connectivity index (χ1n) is 12.2. The molecule has 8 nitrogen and oxygen atoms in total. The Labute approximate surface area is 203 Å². The molecule has 3 fully saturated rings. The highest BCUT2D eigenvalue weighted by Crippen LogP contribution is 2.36. The quantitative estimate of drug-likeness (QED) is 0.671. The summed E-state index contributed by atoms with van der Waals surface area (Å²) in [6.45, 7) is 5.28. The van der Waals surface area contributed by atoms with Crippen LogP contribution in [0.15, 0.2) is 29.8 Å². The van der Waals surface area contributed by atoms with Crippen molar-refractivity contribution in [2.75, 3.05) is 50.7 Å². The summed E-state index contributed by atoms with van der Waals surface area (Å²) in [7, 11) is 0. The molecule has 3 aliphatic heterocycles. The third-order valence-electron chi connectivity index (χ3n) is 7.52. The fourth-order valence-electron chi connectivity index (χ4n) is 5.30. The van der Waals surface area contributed by atoms with Crippen LogP contribution in [0.25, 0.3) is 0 Å². The predicted molar refractivity (Wildman–Crippen MR) is 129 cm³/mol. The lowest BCUT2D eigenvalue weighted by Crippen LogP contribution is -2.64. The molecule has 0 radical (unpaired) electrons. The topological polar surface area (TPSA) is 77.1 Å². The fraction of sp³-hybridized carbons (Fsp3) is 0.520. The summed E-state index contributed by atoms with van der Waals surface area (Å²) in [6.07, 6.45) is 5.55. The Kier molecular flexibility index (Phi) is 5.61. The molecule has 2 saturated heterocycles. The number of nitrogens with zero attached hydrogens (tertiary/aromatic N) is 5. The molecule has 0 spiro atoms. The van der Waals surface area contributed by atoms with Crippen molar-refractivity contribution >= 4 is 34.7 Å². The van der Waals surface area contributed by atoms with E-state index in [4.69, 9.17) is 0 Å². The number of aromatic nitrogens is 1. The van der Waals surface area contributed by atoms with Gasteiger partial charge in [-0.05, 0) is 49.4 Å². The van der Waals surface area contributed by atoms with Crippen molar-refractivity contribution in [3.63, 3.8) is 0 Å². The molecule has 0 N–H and O–H groups in total. The Morgan fingerprint density at radius 3 is 2.44 bits per heavy atom. The lowest BCUT2D eigenvalue weighted by Gasteiger charge is -2.48. The van der Waals surface area contributed by atoms with E-state index in [1.54, 1.807) is 6.20 Å². The van der Waals surface area contributed by atoms with Gasteiger partial charge >= 0.3 is 0 Å². The first-order valence-corrected chi connectivity index (χ1v) is 13.1. The molecular formula is C25H29N5O3S. The zero-order chi connectivity index (χ0) is 23.2. The number of aryl methyl sites for hydroxylation is 1. The third kappa shape index (κ3) is 4.01. The maximum atomic E-state index is 13.1. The number of piperazine rings is 1. The Hall–Kier alpha value is -2.78. The van der Waals surface area contributed by atoms with Gasteiger partial charge in [0.2, 0.25) is 5.91 Å². The summed E-state index contributed by atoms with van der Waals surface area (Å²) >= 11 is 1.38. The molecule has 0 atom stereocenters. The van der Waals surface area contributed by atoms with Crippen LogP contribution in [-0.2, 0) is 11.2 Å². The van der Waals surface area contributed by atoms with Crippen molar-refractivity contribution in [1.82, 2.24) is 19.7 Å². The van der Waals surface area contributed by atoms with E-state index in [0.29, 0.717) is 24.1 Å². The van der Waals surface area contributed by atoms with Crippen LogP contribution in [0, 0.1) is 5.92 Å². The molecule has 2 aromatic rings. The van der Waals surface area contributed by atoms with Crippen LogP contribution in [0.3, 0.4) is 0 Å². The van der Waals surface area contributed by atoms with Gasteiger partial charge in [0.15, 0.2) is 5.01 Å². The van der Waals surface area contributed by atoms with E-state index in [9.17, 15) is 14.4 Å². The van der Waals surface area contributed by atoms with Crippen LogP contribution in [0.1, 0.15) is 45.0 Å². The standard InChI is InChI=1S/C25H29N5O3S/c31-23(19-5-6-21-18(14-19)2-1-8-30(21)24(32)17-3-4-17)29-15-20(16-29)27-9-11-28(12-10-27)25(33)22-26-7-13-34-22/h5-7,13-14,17,20H,1-4,8-12,15-16H2. The first-order chi connectivity index (χ1) is 16.6. The van der Waals surface area contributed by atoms with Gasteiger partial charge in [-0.1, -0.05) is 0 Å². The average Bonchev–Trinajstić information content (AvgIpc) is 3.55. The van der Waals surface area contributed by atoms with Gasteiger partial charge in [-0.3, -0.25) is 19.3 Å². The zero-order valence-corrected chi connectivity index (χ0v) is 20.0. The minimum atomic E-state index is 0.0184. The summed E-state index contributed by atoms with van der Waals surface area (Å²) in [4.78, 5) is 50.5. The number of carbonyl (C=O) groups is 3. The molecule has 0 bridgehead atoms. The lowest BCUT2D eigenvalue weighted by molar-refractivity contribution is -0.119. The number of anilines is 1. The van der Waals surface area contributed by atoms with Gasteiger partial charge in [-0.2, -0.15) is 0 Å². The number of amides is 3. The van der Waals surface area contributed by atoms with Gasteiger partial charge in [0.25, 0.3) is 11.8 Å².